The third-order valence-corrected chi connectivity index (χ3v) is 1.04. The number of rotatable bonds is 1. The number of hydrogen-bond donors (Lipinski definition) is 2. The molecule has 0 spiro atoms. The Morgan fingerprint density at radius 1 is 1.50 bits per heavy atom. The summed E-state index contributed by atoms with van der Waals surface area (Å²) in [6.07, 6.45) is 1.28. The number of nitrogens with one attached hydrogen (secondary N) is 2. The van der Waals surface area contributed by atoms with Gasteiger partial charge in [0.05, 0.1) is 13.3 Å². The van der Waals surface area contributed by atoms with Crippen LogP contribution in [0.1, 0.15) is 0 Å². The molecule has 1 aromatic rings. The van der Waals surface area contributed by atoms with Crippen LogP contribution in [-0.4, -0.2) is 17.3 Å². The second-order valence-electron chi connectivity index (χ2n) is 1.64. The summed E-state index contributed by atoms with van der Waals surface area (Å²) >= 11 is 0. The number of ether oxygens (including phenoxy) is 1. The van der Waals surface area contributed by atoms with Crippen molar-refractivity contribution in [1.82, 2.24) is 10.2 Å². The molecular formula is C5H6N2O3. The molecule has 0 unspecified atom stereocenters. The van der Waals surface area contributed by atoms with Gasteiger partial charge in [0, 0.05) is 0 Å². The van der Waals surface area contributed by atoms with Crippen molar-refractivity contribution in [2.75, 3.05) is 7.11 Å². The van der Waals surface area contributed by atoms with E-state index >= 15 is 0 Å². The maximum absolute atomic E-state index is 10.7. The summed E-state index contributed by atoms with van der Waals surface area (Å²) in [5, 5.41) is 4.46. The lowest BCUT2D eigenvalue weighted by molar-refractivity contribution is 0.406. The minimum atomic E-state index is -0.709. The van der Waals surface area contributed by atoms with Crippen LogP contribution >= 0.6 is 0 Å². The monoisotopic (exact) mass is 142 g/mol. The summed E-state index contributed by atoms with van der Waals surface area (Å²) in [6.45, 7) is 0. The second kappa shape index (κ2) is 2.38. The molecule has 0 amide bonds. The Morgan fingerprint density at radius 2 is 2.20 bits per heavy atom. The molecule has 0 bridgehead atoms. The van der Waals surface area contributed by atoms with Crippen molar-refractivity contribution in [2.45, 2.75) is 0 Å². The second-order valence-corrected chi connectivity index (χ2v) is 1.64. The molecular weight excluding hydrogens is 136 g/mol. The first kappa shape index (κ1) is 6.60. The van der Waals surface area contributed by atoms with Gasteiger partial charge < -0.3 is 9.84 Å². The molecule has 5 heteroatoms. The fourth-order valence-corrected chi connectivity index (χ4v) is 0.553. The largest absolute Gasteiger partial charge is 0.491 e. The topological polar surface area (TPSA) is 75.0 Å². The van der Waals surface area contributed by atoms with Crippen molar-refractivity contribution in [1.29, 1.82) is 0 Å². The third-order valence-electron chi connectivity index (χ3n) is 1.04. The molecule has 0 fully saturated rings. The zero-order valence-corrected chi connectivity index (χ0v) is 5.30. The lowest BCUT2D eigenvalue weighted by Gasteiger charge is -1.93. The molecule has 0 atom stereocenters. The van der Waals surface area contributed by atoms with Gasteiger partial charge in [-0.05, 0) is 0 Å². The zero-order valence-electron chi connectivity index (χ0n) is 5.30. The number of methoxy groups -OCH3 is 1. The van der Waals surface area contributed by atoms with E-state index in [9.17, 15) is 9.59 Å². The Morgan fingerprint density at radius 3 is 2.70 bits per heavy atom. The first-order valence-electron chi connectivity index (χ1n) is 2.60. The third kappa shape index (κ3) is 0.928. The molecule has 1 aromatic heterocycles. The van der Waals surface area contributed by atoms with Crippen LogP contribution in [0.25, 0.3) is 0 Å². The standard InChI is InChI=1S/C5H6N2O3/c1-10-3-2-6-7-5(9)4(3)8/h2H,1H3,(H,6,8)(H,7,9). The lowest BCUT2D eigenvalue weighted by Crippen LogP contribution is -2.28. The maximum atomic E-state index is 10.7. The molecule has 0 aliphatic heterocycles. The molecule has 2 N–H and O–H groups in total. The normalized spacial score (nSPS) is 9.30. The first-order valence-corrected chi connectivity index (χ1v) is 2.60. The molecule has 0 aromatic carbocycles. The highest BCUT2D eigenvalue weighted by Crippen LogP contribution is 1.91. The van der Waals surface area contributed by atoms with Gasteiger partial charge >= 0.3 is 5.56 Å². The van der Waals surface area contributed by atoms with Gasteiger partial charge in [0.15, 0.2) is 5.75 Å². The Kier molecular flexibility index (Phi) is 1.57. The van der Waals surface area contributed by atoms with Gasteiger partial charge in [0.1, 0.15) is 0 Å². The van der Waals surface area contributed by atoms with Gasteiger partial charge in [0.25, 0.3) is 5.43 Å². The van der Waals surface area contributed by atoms with Crippen LogP contribution in [0.15, 0.2) is 15.8 Å². The average molecular weight is 142 g/mol. The van der Waals surface area contributed by atoms with Crippen LogP contribution in [0.4, 0.5) is 0 Å². The summed E-state index contributed by atoms with van der Waals surface area (Å²) < 4.78 is 4.56. The zero-order chi connectivity index (χ0) is 7.56. The van der Waals surface area contributed by atoms with Crippen molar-refractivity contribution in [3.63, 3.8) is 0 Å². The van der Waals surface area contributed by atoms with Crippen molar-refractivity contribution in [3.8, 4) is 5.75 Å². The van der Waals surface area contributed by atoms with E-state index in [1.54, 1.807) is 0 Å². The van der Waals surface area contributed by atoms with E-state index in [0.29, 0.717) is 0 Å². The molecule has 1 heterocycles. The van der Waals surface area contributed by atoms with E-state index in [4.69, 9.17) is 0 Å². The summed E-state index contributed by atoms with van der Waals surface area (Å²) in [5.41, 5.74) is -1.37. The average Bonchev–Trinajstić information content (AvgIpc) is 1.95. The predicted molar refractivity (Wildman–Crippen MR) is 34.2 cm³/mol. The summed E-state index contributed by atoms with van der Waals surface area (Å²) in [4.78, 5) is 21.2. The Labute approximate surface area is 55.6 Å². The highest BCUT2D eigenvalue weighted by Gasteiger charge is 1.99. The van der Waals surface area contributed by atoms with Crippen LogP contribution < -0.4 is 15.7 Å². The molecule has 0 radical (unpaired) electrons. The van der Waals surface area contributed by atoms with E-state index < -0.39 is 11.0 Å². The van der Waals surface area contributed by atoms with Gasteiger partial charge in [-0.2, -0.15) is 0 Å². The summed E-state index contributed by atoms with van der Waals surface area (Å²) in [7, 11) is 1.32. The molecule has 10 heavy (non-hydrogen) atoms. The Hall–Kier alpha value is -1.52. The number of aromatic amines is 2. The van der Waals surface area contributed by atoms with E-state index in [2.05, 4.69) is 14.9 Å². The van der Waals surface area contributed by atoms with Crippen LogP contribution in [-0.2, 0) is 0 Å². The van der Waals surface area contributed by atoms with Crippen LogP contribution in [0.5, 0.6) is 5.75 Å². The van der Waals surface area contributed by atoms with Gasteiger partial charge in [-0.3, -0.25) is 14.7 Å². The minimum absolute atomic E-state index is 0.0174. The van der Waals surface area contributed by atoms with Gasteiger partial charge in [0.2, 0.25) is 0 Å². The molecule has 5 nitrogen and oxygen atoms in total. The maximum Gasteiger partial charge on any atom is 0.314 e. The number of H-pyrrole nitrogens is 2. The fourth-order valence-electron chi connectivity index (χ4n) is 0.553. The quantitative estimate of drug-likeness (QED) is 0.497. The van der Waals surface area contributed by atoms with Gasteiger partial charge in [-0.15, -0.1) is 0 Å². The van der Waals surface area contributed by atoms with Crippen LogP contribution in [0.2, 0.25) is 0 Å². The molecule has 0 saturated carbocycles. The highest BCUT2D eigenvalue weighted by atomic mass is 16.5. The number of aromatic nitrogens is 2. The van der Waals surface area contributed by atoms with Crippen molar-refractivity contribution in [2.24, 2.45) is 0 Å². The lowest BCUT2D eigenvalue weighted by atomic mass is 10.5. The van der Waals surface area contributed by atoms with Crippen molar-refractivity contribution >= 4 is 0 Å². The molecule has 54 valence electrons. The molecule has 0 aliphatic rings. The highest BCUT2D eigenvalue weighted by molar-refractivity contribution is 5.12. The molecule has 0 saturated heterocycles. The van der Waals surface area contributed by atoms with Crippen LogP contribution in [0.3, 0.4) is 0 Å². The smallest absolute Gasteiger partial charge is 0.314 e. The van der Waals surface area contributed by atoms with Crippen molar-refractivity contribution < 1.29 is 4.74 Å². The number of hydrogen-bond acceptors (Lipinski definition) is 3. The van der Waals surface area contributed by atoms with E-state index in [1.165, 1.54) is 13.3 Å². The van der Waals surface area contributed by atoms with Gasteiger partial charge in [-0.1, -0.05) is 0 Å². The fraction of sp³-hybridized carbons (Fsp3) is 0.200. The van der Waals surface area contributed by atoms with Crippen LogP contribution in [0, 0.1) is 0 Å². The van der Waals surface area contributed by atoms with E-state index in [1.807, 2.05) is 0 Å². The van der Waals surface area contributed by atoms with Gasteiger partial charge in [-0.25, -0.2) is 0 Å². The Balaban J connectivity index is 3.43. The van der Waals surface area contributed by atoms with E-state index in [0.717, 1.165) is 0 Å². The first-order chi connectivity index (χ1) is 4.75. The summed E-state index contributed by atoms with van der Waals surface area (Å²) in [5.74, 6) is 0.0174. The van der Waals surface area contributed by atoms with Crippen molar-refractivity contribution in [3.05, 3.63) is 26.8 Å². The molecule has 0 aliphatic carbocycles. The molecule has 1 rings (SSSR count). The SMILES string of the molecule is COc1c[nH][nH]c(=O)c1=O. The van der Waals surface area contributed by atoms with E-state index in [-0.39, 0.29) is 5.75 Å². The minimum Gasteiger partial charge on any atom is -0.491 e. The Bertz CT molecular complexity index is 324. The predicted octanol–water partition coefficient (Wildman–Crippen LogP) is -0.928. The summed E-state index contributed by atoms with van der Waals surface area (Å²) in [6, 6.07) is 0.